The van der Waals surface area contributed by atoms with Crippen LogP contribution in [0.4, 0.5) is 5.82 Å². The number of ether oxygens (including phenoxy) is 1. The van der Waals surface area contributed by atoms with E-state index in [2.05, 4.69) is 74.0 Å². The van der Waals surface area contributed by atoms with Crippen LogP contribution in [0.1, 0.15) is 60.6 Å². The van der Waals surface area contributed by atoms with Gasteiger partial charge >= 0.3 is 0 Å². The Bertz CT molecular complexity index is 1140. The molecule has 172 valence electrons. The predicted octanol–water partition coefficient (Wildman–Crippen LogP) is 3.64. The lowest BCUT2D eigenvalue weighted by atomic mass is 9.98. The molecule has 9 heteroatoms. The van der Waals surface area contributed by atoms with Gasteiger partial charge in [-0.25, -0.2) is 14.6 Å². The molecular formula is C23H33N7O2. The Labute approximate surface area is 189 Å². The Balaban J connectivity index is 2.03. The van der Waals surface area contributed by atoms with Crippen molar-refractivity contribution < 1.29 is 9.37 Å². The van der Waals surface area contributed by atoms with Gasteiger partial charge in [-0.1, -0.05) is 5.92 Å². The van der Waals surface area contributed by atoms with E-state index in [0.717, 1.165) is 18.5 Å². The van der Waals surface area contributed by atoms with Gasteiger partial charge in [0.2, 0.25) is 0 Å². The molecule has 0 spiro atoms. The second-order valence-corrected chi connectivity index (χ2v) is 9.72. The molecule has 0 unspecified atom stereocenters. The molecule has 3 aromatic heterocycles. The zero-order chi connectivity index (χ0) is 23.5. The predicted molar refractivity (Wildman–Crippen MR) is 125 cm³/mol. The molecule has 3 rings (SSSR count). The minimum absolute atomic E-state index is 0.0729. The first-order chi connectivity index (χ1) is 15.0. The van der Waals surface area contributed by atoms with Crippen LogP contribution in [0.5, 0.6) is 5.75 Å². The maximum absolute atomic E-state index is 6.14. The van der Waals surface area contributed by atoms with Crippen molar-refractivity contribution in [3.05, 3.63) is 11.9 Å². The van der Waals surface area contributed by atoms with E-state index >= 15 is 0 Å². The average Bonchev–Trinajstić information content (AvgIpc) is 3.28. The molecular weight excluding hydrogens is 406 g/mol. The average molecular weight is 440 g/mol. The van der Waals surface area contributed by atoms with E-state index in [1.807, 2.05) is 11.5 Å². The Morgan fingerprint density at radius 1 is 1.19 bits per heavy atom. The fraction of sp³-hybridized carbons (Fsp3) is 0.565. The number of anilines is 1. The standard InChI is InChI=1S/C23H33N7O2/c1-8-30-19-16(31-13-9-12-26-23(5,6)7)14-25-15(10-11-22(2,3)4)17(19)27-21(30)18-20(24)29-32-28-18/h14,26H,8-9,12-13H2,1-7H3,(H2,24,29). The molecule has 9 nitrogen and oxygen atoms in total. The van der Waals surface area contributed by atoms with Crippen molar-refractivity contribution in [3.8, 4) is 29.1 Å². The SMILES string of the molecule is CCn1c(-c2nonc2N)nc2c(C#CC(C)(C)C)ncc(OCCCNC(C)(C)C)c21. The molecule has 0 bridgehead atoms. The molecule has 0 aromatic carbocycles. The number of aryl methyl sites for hydroxylation is 1. The van der Waals surface area contributed by atoms with Gasteiger partial charge in [0.1, 0.15) is 16.7 Å². The summed E-state index contributed by atoms with van der Waals surface area (Å²) in [5, 5.41) is 11.1. The van der Waals surface area contributed by atoms with E-state index in [9.17, 15) is 0 Å². The molecule has 32 heavy (non-hydrogen) atoms. The lowest BCUT2D eigenvalue weighted by Crippen LogP contribution is -2.36. The van der Waals surface area contributed by atoms with E-state index in [1.54, 1.807) is 6.20 Å². The largest absolute Gasteiger partial charge is 0.490 e. The van der Waals surface area contributed by atoms with Gasteiger partial charge in [0, 0.05) is 17.5 Å². The third kappa shape index (κ3) is 5.56. The highest BCUT2D eigenvalue weighted by molar-refractivity contribution is 5.89. The third-order valence-corrected chi connectivity index (χ3v) is 4.57. The lowest BCUT2D eigenvalue weighted by Gasteiger charge is -2.20. The van der Waals surface area contributed by atoms with E-state index in [1.165, 1.54) is 0 Å². The Morgan fingerprint density at radius 3 is 2.53 bits per heavy atom. The number of imidazole rings is 1. The smallest absolute Gasteiger partial charge is 0.199 e. The molecule has 0 saturated carbocycles. The van der Waals surface area contributed by atoms with Crippen LogP contribution in [0.15, 0.2) is 10.8 Å². The Morgan fingerprint density at radius 2 is 1.94 bits per heavy atom. The summed E-state index contributed by atoms with van der Waals surface area (Å²) in [6.45, 7) is 16.6. The van der Waals surface area contributed by atoms with Crippen LogP contribution in [0.3, 0.4) is 0 Å². The van der Waals surface area contributed by atoms with Gasteiger partial charge < -0.3 is 20.4 Å². The first kappa shape index (κ1) is 23.5. The molecule has 3 heterocycles. The second-order valence-electron chi connectivity index (χ2n) is 9.72. The zero-order valence-corrected chi connectivity index (χ0v) is 20.0. The summed E-state index contributed by atoms with van der Waals surface area (Å²) < 4.78 is 12.9. The second kappa shape index (κ2) is 9.17. The summed E-state index contributed by atoms with van der Waals surface area (Å²) >= 11 is 0. The van der Waals surface area contributed by atoms with Gasteiger partial charge in [0.15, 0.2) is 23.1 Å². The maximum atomic E-state index is 6.14. The van der Waals surface area contributed by atoms with Crippen LogP contribution in [0.25, 0.3) is 22.6 Å². The van der Waals surface area contributed by atoms with Crippen LogP contribution in [0, 0.1) is 17.3 Å². The van der Waals surface area contributed by atoms with Crippen LogP contribution in [-0.2, 0) is 6.54 Å². The Hall–Kier alpha value is -3.12. The van der Waals surface area contributed by atoms with Gasteiger partial charge in [-0.05, 0) is 77.7 Å². The van der Waals surface area contributed by atoms with E-state index < -0.39 is 0 Å². The molecule has 0 aliphatic carbocycles. The van der Waals surface area contributed by atoms with Crippen molar-refractivity contribution in [2.45, 2.75) is 67.0 Å². The van der Waals surface area contributed by atoms with E-state index in [0.29, 0.717) is 41.6 Å². The van der Waals surface area contributed by atoms with Gasteiger partial charge in [-0.15, -0.1) is 0 Å². The molecule has 0 atom stereocenters. The fourth-order valence-corrected chi connectivity index (χ4v) is 3.11. The number of hydrogen-bond acceptors (Lipinski definition) is 8. The summed E-state index contributed by atoms with van der Waals surface area (Å²) in [4.78, 5) is 9.35. The monoisotopic (exact) mass is 439 g/mol. The van der Waals surface area contributed by atoms with Crippen LogP contribution >= 0.6 is 0 Å². The van der Waals surface area contributed by atoms with Crippen LogP contribution in [0.2, 0.25) is 0 Å². The number of hydrogen-bond donors (Lipinski definition) is 2. The number of nitrogens with two attached hydrogens (primary N) is 1. The van der Waals surface area contributed by atoms with Gasteiger partial charge in [-0.3, -0.25) is 0 Å². The minimum Gasteiger partial charge on any atom is -0.490 e. The maximum Gasteiger partial charge on any atom is 0.199 e. The van der Waals surface area contributed by atoms with Crippen molar-refractivity contribution in [3.63, 3.8) is 0 Å². The lowest BCUT2D eigenvalue weighted by molar-refractivity contribution is 0.299. The van der Waals surface area contributed by atoms with Crippen molar-refractivity contribution in [2.24, 2.45) is 5.41 Å². The number of fused-ring (bicyclic) bond motifs is 1. The summed E-state index contributed by atoms with van der Waals surface area (Å²) in [5.41, 5.74) is 8.28. The summed E-state index contributed by atoms with van der Waals surface area (Å²) in [7, 11) is 0. The van der Waals surface area contributed by atoms with Crippen molar-refractivity contribution >= 4 is 16.9 Å². The molecule has 0 aliphatic heterocycles. The molecule has 0 amide bonds. The highest BCUT2D eigenvalue weighted by Crippen LogP contribution is 2.33. The summed E-state index contributed by atoms with van der Waals surface area (Å²) in [6, 6.07) is 0. The minimum atomic E-state index is -0.167. The van der Waals surface area contributed by atoms with Crippen molar-refractivity contribution in [1.29, 1.82) is 0 Å². The molecule has 0 fully saturated rings. The van der Waals surface area contributed by atoms with Gasteiger partial charge in [0.25, 0.3) is 0 Å². The number of rotatable bonds is 7. The quantitative estimate of drug-likeness (QED) is 0.423. The van der Waals surface area contributed by atoms with Crippen molar-refractivity contribution in [1.82, 2.24) is 30.2 Å². The van der Waals surface area contributed by atoms with Crippen LogP contribution in [-0.4, -0.2) is 43.5 Å². The summed E-state index contributed by atoms with van der Waals surface area (Å²) in [6.07, 6.45) is 2.58. The number of aromatic nitrogens is 5. The summed E-state index contributed by atoms with van der Waals surface area (Å²) in [5.74, 6) is 7.79. The number of nitrogen functional groups attached to an aromatic ring is 1. The van der Waals surface area contributed by atoms with Crippen LogP contribution < -0.4 is 15.8 Å². The normalized spacial score (nSPS) is 12.1. The highest BCUT2D eigenvalue weighted by Gasteiger charge is 2.23. The molecule has 0 radical (unpaired) electrons. The van der Waals surface area contributed by atoms with Gasteiger partial charge in [-0.2, -0.15) is 0 Å². The first-order valence-electron chi connectivity index (χ1n) is 10.9. The fourth-order valence-electron chi connectivity index (χ4n) is 3.11. The third-order valence-electron chi connectivity index (χ3n) is 4.57. The number of nitrogens with one attached hydrogen (secondary N) is 1. The van der Waals surface area contributed by atoms with E-state index in [4.69, 9.17) is 20.1 Å². The number of nitrogens with zero attached hydrogens (tertiary/aromatic N) is 5. The molecule has 0 saturated heterocycles. The first-order valence-corrected chi connectivity index (χ1v) is 10.9. The molecule has 3 N–H and O–H groups in total. The highest BCUT2D eigenvalue weighted by atomic mass is 16.6. The molecule has 0 aliphatic rings. The molecule has 3 aromatic rings. The topological polar surface area (TPSA) is 117 Å². The van der Waals surface area contributed by atoms with Gasteiger partial charge in [0.05, 0.1) is 12.8 Å². The zero-order valence-electron chi connectivity index (χ0n) is 20.0. The van der Waals surface area contributed by atoms with E-state index in [-0.39, 0.29) is 16.8 Å². The number of pyridine rings is 1. The Kier molecular flexibility index (Phi) is 6.74. The van der Waals surface area contributed by atoms with Crippen molar-refractivity contribution in [2.75, 3.05) is 18.9 Å².